The van der Waals surface area contributed by atoms with Crippen LogP contribution in [0.25, 0.3) is 0 Å². The standard InChI is InChI=1S/C32H44ClN7O4S/c1-2-22-17-21(18-26(33)28(22)34)19-27(30(41)38-14-12-37(13-15-38)24-3-8-35-9-4-24)44-32(43)39-10-5-25(6-11-39)40-20-23-7-16-45-29(23)36-31(40)42/h7,16-18,24-25,27,35H,2-6,8-15,19-20,34H2,1H3,(H,36,42)/t27-/m1/s1. The third-order valence-corrected chi connectivity index (χ3v) is 11.0. The average Bonchev–Trinajstić information content (AvgIpc) is 3.53. The lowest BCUT2D eigenvalue weighted by atomic mass is 10.0. The maximum Gasteiger partial charge on any atom is 0.410 e. The SMILES string of the molecule is CCc1cc(C[C@@H](OC(=O)N2CCC(N3Cc4ccsc4NC3=O)CC2)C(=O)N2CCN(C3CCNCC3)CC2)cc(Cl)c1N. The summed E-state index contributed by atoms with van der Waals surface area (Å²) in [5, 5.41) is 9.75. The number of benzene rings is 1. The molecule has 2 aromatic rings. The third kappa shape index (κ3) is 7.19. The second-order valence-corrected chi connectivity index (χ2v) is 13.8. The highest BCUT2D eigenvalue weighted by Gasteiger charge is 2.37. The Hall–Kier alpha value is -3.06. The molecule has 4 amide bonds. The summed E-state index contributed by atoms with van der Waals surface area (Å²) in [7, 11) is 0. The van der Waals surface area contributed by atoms with Crippen molar-refractivity contribution in [1.82, 2.24) is 24.9 Å². The van der Waals surface area contributed by atoms with Gasteiger partial charge in [-0.25, -0.2) is 9.59 Å². The molecule has 0 radical (unpaired) electrons. The summed E-state index contributed by atoms with van der Waals surface area (Å²) in [4.78, 5) is 48.2. The van der Waals surface area contributed by atoms with E-state index in [0.717, 1.165) is 60.7 Å². The molecule has 0 bridgehead atoms. The van der Waals surface area contributed by atoms with Crippen LogP contribution in [0.15, 0.2) is 23.6 Å². The number of fused-ring (bicyclic) bond motifs is 1. The maximum absolute atomic E-state index is 14.0. The van der Waals surface area contributed by atoms with Gasteiger partial charge in [-0.1, -0.05) is 24.6 Å². The summed E-state index contributed by atoms with van der Waals surface area (Å²) in [6.07, 6.45) is 2.99. The van der Waals surface area contributed by atoms with Crippen molar-refractivity contribution >= 4 is 51.7 Å². The molecule has 45 heavy (non-hydrogen) atoms. The predicted molar refractivity (Wildman–Crippen MR) is 177 cm³/mol. The number of urea groups is 1. The Morgan fingerprint density at radius 2 is 1.78 bits per heavy atom. The summed E-state index contributed by atoms with van der Waals surface area (Å²) in [6.45, 7) is 8.39. The zero-order chi connectivity index (χ0) is 31.5. The number of hydrogen-bond acceptors (Lipinski definition) is 8. The van der Waals surface area contributed by atoms with Gasteiger partial charge in [-0.15, -0.1) is 11.3 Å². The molecule has 6 rings (SSSR count). The number of aryl methyl sites for hydroxylation is 1. The topological polar surface area (TPSA) is 123 Å². The van der Waals surface area contributed by atoms with Crippen molar-refractivity contribution in [1.29, 1.82) is 0 Å². The number of halogens is 1. The van der Waals surface area contributed by atoms with E-state index >= 15 is 0 Å². The van der Waals surface area contributed by atoms with Crippen LogP contribution >= 0.6 is 22.9 Å². The number of nitrogens with two attached hydrogens (primary N) is 1. The Morgan fingerprint density at radius 3 is 2.49 bits per heavy atom. The average molecular weight is 658 g/mol. The van der Waals surface area contributed by atoms with Crippen LogP contribution in [0.3, 0.4) is 0 Å². The van der Waals surface area contributed by atoms with Crippen molar-refractivity contribution in [3.63, 3.8) is 0 Å². The largest absolute Gasteiger partial charge is 0.436 e. The Morgan fingerprint density at radius 1 is 1.04 bits per heavy atom. The van der Waals surface area contributed by atoms with Gasteiger partial charge in [0.25, 0.3) is 5.91 Å². The number of nitrogen functional groups attached to an aromatic ring is 1. The van der Waals surface area contributed by atoms with Gasteiger partial charge in [0.15, 0.2) is 6.10 Å². The molecule has 3 fully saturated rings. The minimum Gasteiger partial charge on any atom is -0.436 e. The Bertz CT molecular complexity index is 1380. The van der Waals surface area contributed by atoms with Gasteiger partial charge in [0.2, 0.25) is 0 Å². The second-order valence-electron chi connectivity index (χ2n) is 12.5. The molecule has 13 heteroatoms. The number of nitrogens with zero attached hydrogens (tertiary/aromatic N) is 4. The van der Waals surface area contributed by atoms with Crippen LogP contribution in [0.4, 0.5) is 20.3 Å². The van der Waals surface area contributed by atoms with Crippen molar-refractivity contribution in [2.45, 2.75) is 70.2 Å². The van der Waals surface area contributed by atoms with Gasteiger partial charge in [-0.2, -0.15) is 0 Å². The Balaban J connectivity index is 1.10. The van der Waals surface area contributed by atoms with Crippen molar-refractivity contribution < 1.29 is 19.1 Å². The predicted octanol–water partition coefficient (Wildman–Crippen LogP) is 4.00. The first-order chi connectivity index (χ1) is 21.8. The van der Waals surface area contributed by atoms with Gasteiger partial charge >= 0.3 is 12.1 Å². The van der Waals surface area contributed by atoms with E-state index in [1.54, 1.807) is 11.0 Å². The monoisotopic (exact) mass is 657 g/mol. The fourth-order valence-electron chi connectivity index (χ4n) is 7.07. The smallest absolute Gasteiger partial charge is 0.410 e. The normalized spacial score (nSPS) is 20.9. The summed E-state index contributed by atoms with van der Waals surface area (Å²) in [5.41, 5.74) is 9.56. The first-order valence-corrected chi connectivity index (χ1v) is 17.5. The number of rotatable bonds is 7. The minimum absolute atomic E-state index is 0.0279. The Labute approximate surface area is 274 Å². The molecule has 1 aromatic carbocycles. The summed E-state index contributed by atoms with van der Waals surface area (Å²) in [5.74, 6) is -0.175. The summed E-state index contributed by atoms with van der Waals surface area (Å²) >= 11 is 7.99. The van der Waals surface area contributed by atoms with E-state index in [2.05, 4.69) is 15.5 Å². The lowest BCUT2D eigenvalue weighted by molar-refractivity contribution is -0.143. The van der Waals surface area contributed by atoms with Crippen LogP contribution in [-0.2, 0) is 28.9 Å². The molecule has 3 saturated heterocycles. The lowest BCUT2D eigenvalue weighted by Gasteiger charge is -2.42. The molecule has 4 aliphatic heterocycles. The molecule has 244 valence electrons. The van der Waals surface area contributed by atoms with Crippen LogP contribution in [0.5, 0.6) is 0 Å². The van der Waals surface area contributed by atoms with E-state index in [-0.39, 0.29) is 24.4 Å². The number of ether oxygens (including phenoxy) is 1. The first kappa shape index (κ1) is 31.9. The number of likely N-dealkylation sites (tertiary alicyclic amines) is 1. The van der Waals surface area contributed by atoms with Crippen molar-refractivity contribution in [3.8, 4) is 0 Å². The molecule has 11 nitrogen and oxygen atoms in total. The number of piperazine rings is 1. The van der Waals surface area contributed by atoms with E-state index < -0.39 is 12.2 Å². The van der Waals surface area contributed by atoms with Crippen LogP contribution in [0.1, 0.15) is 49.3 Å². The van der Waals surface area contributed by atoms with Crippen LogP contribution in [0, 0.1) is 0 Å². The highest BCUT2D eigenvalue weighted by atomic mass is 35.5. The van der Waals surface area contributed by atoms with Crippen LogP contribution < -0.4 is 16.4 Å². The fraction of sp³-hybridized carbons (Fsp3) is 0.594. The van der Waals surface area contributed by atoms with Gasteiger partial charge in [-0.3, -0.25) is 15.0 Å². The Kier molecular flexibility index (Phi) is 10.0. The minimum atomic E-state index is -0.977. The molecule has 0 spiro atoms. The number of carbonyl (C=O) groups is 3. The second kappa shape index (κ2) is 14.1. The third-order valence-electron chi connectivity index (χ3n) is 9.78. The molecule has 0 saturated carbocycles. The molecule has 1 atom stereocenters. The van der Waals surface area contributed by atoms with E-state index in [1.807, 2.05) is 34.2 Å². The first-order valence-electron chi connectivity index (χ1n) is 16.2. The highest BCUT2D eigenvalue weighted by molar-refractivity contribution is 7.14. The van der Waals surface area contributed by atoms with Crippen LogP contribution in [0.2, 0.25) is 5.02 Å². The van der Waals surface area contributed by atoms with E-state index in [4.69, 9.17) is 22.1 Å². The van der Waals surface area contributed by atoms with Gasteiger partial charge in [0, 0.05) is 63.3 Å². The van der Waals surface area contributed by atoms with E-state index in [9.17, 15) is 14.4 Å². The van der Waals surface area contributed by atoms with Crippen molar-refractivity contribution in [2.75, 3.05) is 63.4 Å². The molecule has 0 aliphatic carbocycles. The molecule has 5 heterocycles. The molecule has 4 N–H and O–H groups in total. The summed E-state index contributed by atoms with van der Waals surface area (Å²) < 4.78 is 6.04. The van der Waals surface area contributed by atoms with Gasteiger partial charge in [0.05, 0.1) is 17.3 Å². The van der Waals surface area contributed by atoms with Gasteiger partial charge in [0.1, 0.15) is 5.00 Å². The molecule has 4 aliphatic rings. The zero-order valence-electron chi connectivity index (χ0n) is 25.9. The maximum atomic E-state index is 14.0. The number of thiophene rings is 1. The number of amides is 4. The van der Waals surface area contributed by atoms with Crippen molar-refractivity contribution in [2.24, 2.45) is 0 Å². The number of anilines is 2. The number of carbonyl (C=O) groups excluding carboxylic acids is 3. The van der Waals surface area contributed by atoms with E-state index in [1.165, 1.54) is 11.3 Å². The molecule has 1 aromatic heterocycles. The lowest BCUT2D eigenvalue weighted by Crippen LogP contribution is -2.56. The van der Waals surface area contributed by atoms with Crippen molar-refractivity contribution in [3.05, 3.63) is 45.3 Å². The van der Waals surface area contributed by atoms with E-state index in [0.29, 0.717) is 68.7 Å². The molecule has 0 unspecified atom stereocenters. The van der Waals surface area contributed by atoms with Crippen LogP contribution in [-0.4, -0.2) is 108 Å². The quantitative estimate of drug-likeness (QED) is 0.385. The molecular formula is C32H44ClN7O4S. The number of piperidine rings is 2. The van der Waals surface area contributed by atoms with Gasteiger partial charge in [-0.05, 0) is 73.8 Å². The number of hydrogen-bond donors (Lipinski definition) is 3. The fourth-order valence-corrected chi connectivity index (χ4v) is 8.13. The molecular weight excluding hydrogens is 614 g/mol. The number of nitrogens with one attached hydrogen (secondary N) is 2. The van der Waals surface area contributed by atoms with Gasteiger partial charge < -0.3 is 30.5 Å². The zero-order valence-corrected chi connectivity index (χ0v) is 27.5. The highest BCUT2D eigenvalue weighted by Crippen LogP contribution is 2.32. The summed E-state index contributed by atoms with van der Waals surface area (Å²) in [6, 6.07) is 6.26.